The number of benzene rings is 1. The third-order valence-corrected chi connectivity index (χ3v) is 4.01. The molecular weight excluding hydrogens is 324 g/mol. The van der Waals surface area contributed by atoms with Crippen molar-refractivity contribution in [2.45, 2.75) is 6.92 Å². The fraction of sp³-hybridized carbons (Fsp3) is 0.111. The maximum absolute atomic E-state index is 11.9. The molecule has 1 amide bonds. The number of furan rings is 1. The first-order chi connectivity index (χ1) is 11.7. The van der Waals surface area contributed by atoms with Gasteiger partial charge in [-0.2, -0.15) is 0 Å². The summed E-state index contributed by atoms with van der Waals surface area (Å²) in [6.45, 7) is 2.56. The van der Waals surface area contributed by atoms with Gasteiger partial charge in [0.15, 0.2) is 5.17 Å². The number of carbonyl (C=O) groups is 1. The molecule has 5 nitrogen and oxygen atoms in total. The molecule has 1 fully saturated rings. The molecule has 0 bridgehead atoms. The second-order valence-electron chi connectivity index (χ2n) is 4.81. The van der Waals surface area contributed by atoms with Crippen LogP contribution in [-0.4, -0.2) is 17.7 Å². The minimum absolute atomic E-state index is 0.159. The number of amides is 1. The summed E-state index contributed by atoms with van der Waals surface area (Å²) >= 11 is 1.30. The van der Waals surface area contributed by atoms with Gasteiger partial charge in [-0.05, 0) is 67.2 Å². The molecule has 0 radical (unpaired) electrons. The Kier molecular flexibility index (Phi) is 5.18. The fourth-order valence-corrected chi connectivity index (χ4v) is 2.81. The number of aliphatic imine (C=N–C) groups is 1. The summed E-state index contributed by atoms with van der Waals surface area (Å²) in [5.74, 6) is 1.38. The molecule has 1 aliphatic rings. The lowest BCUT2D eigenvalue weighted by molar-refractivity contribution is -0.115. The molecule has 2 heterocycles. The SMILES string of the molecule is CCOc1ccc(N=C2NC(=O)C(=CC=Cc3ccco3)S2)cc1. The topological polar surface area (TPSA) is 63.8 Å². The molecule has 0 spiro atoms. The van der Waals surface area contributed by atoms with Crippen LogP contribution in [0.1, 0.15) is 12.7 Å². The number of hydrogen-bond acceptors (Lipinski definition) is 5. The number of allylic oxidation sites excluding steroid dienone is 2. The smallest absolute Gasteiger partial charge is 0.264 e. The highest BCUT2D eigenvalue weighted by Crippen LogP contribution is 2.27. The highest BCUT2D eigenvalue weighted by atomic mass is 32.2. The van der Waals surface area contributed by atoms with Crippen molar-refractivity contribution in [1.29, 1.82) is 0 Å². The number of thioether (sulfide) groups is 1. The van der Waals surface area contributed by atoms with Gasteiger partial charge in [-0.15, -0.1) is 0 Å². The van der Waals surface area contributed by atoms with E-state index in [9.17, 15) is 4.79 Å². The van der Waals surface area contributed by atoms with Crippen molar-refractivity contribution in [3.05, 3.63) is 65.5 Å². The summed E-state index contributed by atoms with van der Waals surface area (Å²) in [5.41, 5.74) is 0.758. The molecular formula is C18H16N2O3S. The fourth-order valence-electron chi connectivity index (χ4n) is 2.01. The van der Waals surface area contributed by atoms with Crippen molar-refractivity contribution < 1.29 is 13.9 Å². The molecule has 0 aliphatic carbocycles. The summed E-state index contributed by atoms with van der Waals surface area (Å²) in [4.78, 5) is 17.0. The van der Waals surface area contributed by atoms with Gasteiger partial charge in [0.05, 0.1) is 23.5 Å². The van der Waals surface area contributed by atoms with Crippen LogP contribution in [0.15, 0.2) is 69.1 Å². The normalized spacial score (nSPS) is 17.8. The van der Waals surface area contributed by atoms with Crippen molar-refractivity contribution in [3.8, 4) is 5.75 Å². The number of hydrogen-bond donors (Lipinski definition) is 1. The first-order valence-corrected chi connectivity index (χ1v) is 8.29. The second-order valence-corrected chi connectivity index (χ2v) is 5.84. The molecule has 1 N–H and O–H groups in total. The summed E-state index contributed by atoms with van der Waals surface area (Å²) in [7, 11) is 0. The zero-order valence-corrected chi connectivity index (χ0v) is 13.9. The predicted molar refractivity (Wildman–Crippen MR) is 96.3 cm³/mol. The number of ether oxygens (including phenoxy) is 1. The van der Waals surface area contributed by atoms with Crippen LogP contribution in [0.2, 0.25) is 0 Å². The van der Waals surface area contributed by atoms with E-state index in [-0.39, 0.29) is 5.91 Å². The van der Waals surface area contributed by atoms with E-state index in [0.29, 0.717) is 16.7 Å². The molecule has 1 aromatic carbocycles. The minimum atomic E-state index is -0.159. The molecule has 0 atom stereocenters. The van der Waals surface area contributed by atoms with Crippen LogP contribution in [0.5, 0.6) is 5.75 Å². The van der Waals surface area contributed by atoms with Crippen LogP contribution < -0.4 is 10.1 Å². The van der Waals surface area contributed by atoms with E-state index in [1.54, 1.807) is 24.5 Å². The van der Waals surface area contributed by atoms with Gasteiger partial charge in [0.25, 0.3) is 5.91 Å². The quantitative estimate of drug-likeness (QED) is 0.832. The summed E-state index contributed by atoms with van der Waals surface area (Å²) < 4.78 is 10.6. The van der Waals surface area contributed by atoms with Crippen molar-refractivity contribution in [2.24, 2.45) is 4.99 Å². The number of nitrogens with one attached hydrogen (secondary N) is 1. The molecule has 1 aliphatic heterocycles. The van der Waals surface area contributed by atoms with Crippen LogP contribution in [0.3, 0.4) is 0 Å². The summed E-state index contributed by atoms with van der Waals surface area (Å²) in [6.07, 6.45) is 6.91. The Bertz CT molecular complexity index is 790. The third kappa shape index (κ3) is 4.17. The lowest BCUT2D eigenvalue weighted by atomic mass is 10.3. The molecule has 24 heavy (non-hydrogen) atoms. The monoisotopic (exact) mass is 340 g/mol. The Labute approximate surface area is 144 Å². The predicted octanol–water partition coefficient (Wildman–Crippen LogP) is 4.13. The lowest BCUT2D eigenvalue weighted by Gasteiger charge is -2.02. The van der Waals surface area contributed by atoms with E-state index in [1.165, 1.54) is 11.8 Å². The summed E-state index contributed by atoms with van der Waals surface area (Å²) in [5, 5.41) is 3.31. The Hall–Kier alpha value is -2.73. The van der Waals surface area contributed by atoms with Crippen molar-refractivity contribution in [1.82, 2.24) is 5.32 Å². The van der Waals surface area contributed by atoms with Crippen LogP contribution >= 0.6 is 11.8 Å². The van der Waals surface area contributed by atoms with Gasteiger partial charge < -0.3 is 14.5 Å². The molecule has 1 saturated heterocycles. The largest absolute Gasteiger partial charge is 0.494 e. The Morgan fingerprint density at radius 2 is 2.12 bits per heavy atom. The Morgan fingerprint density at radius 3 is 2.83 bits per heavy atom. The Morgan fingerprint density at radius 1 is 1.29 bits per heavy atom. The standard InChI is InChI=1S/C18H16N2O3S/c1-2-22-15-10-8-13(9-11-15)19-18-20-17(21)16(24-18)7-3-5-14-6-4-12-23-14/h3-12H,2H2,1H3,(H,19,20,21). The van der Waals surface area contributed by atoms with Crippen LogP contribution in [-0.2, 0) is 4.79 Å². The van der Waals surface area contributed by atoms with Crippen molar-refractivity contribution in [2.75, 3.05) is 6.61 Å². The van der Waals surface area contributed by atoms with Gasteiger partial charge in [0, 0.05) is 0 Å². The Balaban J connectivity index is 1.67. The average molecular weight is 340 g/mol. The van der Waals surface area contributed by atoms with E-state index < -0.39 is 0 Å². The molecule has 0 saturated carbocycles. The molecule has 3 rings (SSSR count). The summed E-state index contributed by atoms with van der Waals surface area (Å²) in [6, 6.07) is 11.1. The first kappa shape index (κ1) is 16.1. The van der Waals surface area contributed by atoms with Gasteiger partial charge >= 0.3 is 0 Å². The molecule has 2 aromatic rings. The van der Waals surface area contributed by atoms with Gasteiger partial charge in [0.2, 0.25) is 0 Å². The van der Waals surface area contributed by atoms with Gasteiger partial charge in [-0.1, -0.05) is 6.08 Å². The lowest BCUT2D eigenvalue weighted by Crippen LogP contribution is -2.19. The van der Waals surface area contributed by atoms with E-state index >= 15 is 0 Å². The number of nitrogens with zero attached hydrogens (tertiary/aromatic N) is 1. The maximum atomic E-state index is 11.9. The van der Waals surface area contributed by atoms with Crippen LogP contribution in [0, 0.1) is 0 Å². The highest BCUT2D eigenvalue weighted by Gasteiger charge is 2.23. The molecule has 122 valence electrons. The highest BCUT2D eigenvalue weighted by molar-refractivity contribution is 8.18. The maximum Gasteiger partial charge on any atom is 0.264 e. The van der Waals surface area contributed by atoms with Crippen molar-refractivity contribution >= 4 is 34.6 Å². The number of carbonyl (C=O) groups excluding carboxylic acids is 1. The van der Waals surface area contributed by atoms with E-state index in [2.05, 4.69) is 10.3 Å². The van der Waals surface area contributed by atoms with Crippen molar-refractivity contribution in [3.63, 3.8) is 0 Å². The molecule has 0 unspecified atom stereocenters. The van der Waals surface area contributed by atoms with Gasteiger partial charge in [-0.3, -0.25) is 4.79 Å². The molecule has 1 aromatic heterocycles. The van der Waals surface area contributed by atoms with E-state index in [4.69, 9.17) is 9.15 Å². The van der Waals surface area contributed by atoms with Crippen LogP contribution in [0.4, 0.5) is 5.69 Å². The first-order valence-electron chi connectivity index (χ1n) is 7.47. The van der Waals surface area contributed by atoms with Gasteiger partial charge in [-0.25, -0.2) is 4.99 Å². The average Bonchev–Trinajstić information content (AvgIpc) is 3.20. The third-order valence-electron chi connectivity index (χ3n) is 3.08. The second kappa shape index (κ2) is 7.70. The minimum Gasteiger partial charge on any atom is -0.494 e. The van der Waals surface area contributed by atoms with Crippen LogP contribution in [0.25, 0.3) is 6.08 Å². The number of amidine groups is 1. The number of rotatable bonds is 5. The zero-order chi connectivity index (χ0) is 16.8. The van der Waals surface area contributed by atoms with E-state index in [0.717, 1.165) is 17.2 Å². The zero-order valence-electron chi connectivity index (χ0n) is 13.1. The van der Waals surface area contributed by atoms with Gasteiger partial charge in [0.1, 0.15) is 11.5 Å². The molecule has 6 heteroatoms. The van der Waals surface area contributed by atoms with E-state index in [1.807, 2.05) is 43.3 Å².